The summed E-state index contributed by atoms with van der Waals surface area (Å²) in [6.45, 7) is 4.98. The molecule has 0 aromatic carbocycles. The zero-order valence-corrected chi connectivity index (χ0v) is 10.8. The summed E-state index contributed by atoms with van der Waals surface area (Å²) in [7, 11) is 0. The van der Waals surface area contributed by atoms with Crippen LogP contribution >= 0.6 is 27.3 Å². The number of thiophene rings is 1. The van der Waals surface area contributed by atoms with Gasteiger partial charge in [-0.15, -0.1) is 23.2 Å². The maximum Gasteiger partial charge on any atom is 0.0701 e. The molecule has 1 aromatic heterocycles. The van der Waals surface area contributed by atoms with Gasteiger partial charge in [0.1, 0.15) is 0 Å². The van der Waals surface area contributed by atoms with Gasteiger partial charge in [-0.3, -0.25) is 0 Å². The lowest BCUT2D eigenvalue weighted by molar-refractivity contribution is 0.574. The molecule has 0 spiro atoms. The van der Waals surface area contributed by atoms with Crippen LogP contribution in [-0.4, -0.2) is 6.54 Å². The molecule has 14 heavy (non-hydrogen) atoms. The van der Waals surface area contributed by atoms with Gasteiger partial charge in [-0.1, -0.05) is 6.92 Å². The second kappa shape index (κ2) is 6.23. The van der Waals surface area contributed by atoms with E-state index in [1.165, 1.54) is 8.66 Å². The quantitative estimate of drug-likeness (QED) is 0.826. The number of halogens is 1. The normalized spacial score (nSPS) is 11.9. The van der Waals surface area contributed by atoms with E-state index in [2.05, 4.69) is 52.1 Å². The SMILES string of the molecule is CC#CCC(NCC)c1ccc(Br)s1. The van der Waals surface area contributed by atoms with Crippen molar-refractivity contribution in [2.45, 2.75) is 26.3 Å². The first-order valence-corrected chi connectivity index (χ1v) is 6.27. The van der Waals surface area contributed by atoms with Crippen LogP contribution in [0.3, 0.4) is 0 Å². The highest BCUT2D eigenvalue weighted by molar-refractivity contribution is 9.11. The highest BCUT2D eigenvalue weighted by Crippen LogP contribution is 2.28. The van der Waals surface area contributed by atoms with E-state index < -0.39 is 0 Å². The molecule has 1 unspecified atom stereocenters. The summed E-state index contributed by atoms with van der Waals surface area (Å²) in [4.78, 5) is 1.35. The topological polar surface area (TPSA) is 12.0 Å². The van der Waals surface area contributed by atoms with E-state index in [0.29, 0.717) is 6.04 Å². The summed E-state index contributed by atoms with van der Waals surface area (Å²) < 4.78 is 1.18. The third kappa shape index (κ3) is 3.45. The fourth-order valence-electron chi connectivity index (χ4n) is 1.24. The third-order valence-corrected chi connectivity index (χ3v) is 3.61. The van der Waals surface area contributed by atoms with Gasteiger partial charge in [0.05, 0.1) is 9.83 Å². The van der Waals surface area contributed by atoms with Crippen LogP contribution in [-0.2, 0) is 0 Å². The highest BCUT2D eigenvalue weighted by Gasteiger charge is 2.10. The maximum atomic E-state index is 3.47. The zero-order valence-electron chi connectivity index (χ0n) is 8.43. The van der Waals surface area contributed by atoms with Crippen molar-refractivity contribution in [3.8, 4) is 11.8 Å². The van der Waals surface area contributed by atoms with Gasteiger partial charge in [0, 0.05) is 11.3 Å². The first-order chi connectivity index (χ1) is 6.77. The molecule has 0 radical (unpaired) electrons. The molecule has 1 aromatic rings. The zero-order chi connectivity index (χ0) is 10.4. The standard InChI is InChI=1S/C11H14BrNS/c1-3-5-6-9(13-4-2)10-7-8-11(12)14-10/h7-9,13H,4,6H2,1-2H3. The summed E-state index contributed by atoms with van der Waals surface area (Å²) in [5.74, 6) is 6.06. The minimum Gasteiger partial charge on any atom is -0.309 e. The van der Waals surface area contributed by atoms with Gasteiger partial charge in [-0.05, 0) is 41.5 Å². The Morgan fingerprint density at radius 1 is 1.57 bits per heavy atom. The van der Waals surface area contributed by atoms with Crippen molar-refractivity contribution in [3.05, 3.63) is 20.8 Å². The summed E-state index contributed by atoms with van der Waals surface area (Å²) in [6, 6.07) is 4.62. The fraction of sp³-hybridized carbons (Fsp3) is 0.455. The smallest absolute Gasteiger partial charge is 0.0701 e. The van der Waals surface area contributed by atoms with Gasteiger partial charge in [-0.25, -0.2) is 0 Å². The lowest BCUT2D eigenvalue weighted by Gasteiger charge is -2.12. The van der Waals surface area contributed by atoms with E-state index in [9.17, 15) is 0 Å². The molecule has 1 rings (SSSR count). The Morgan fingerprint density at radius 2 is 2.36 bits per heavy atom. The first kappa shape index (κ1) is 11.8. The average Bonchev–Trinajstić information content (AvgIpc) is 2.59. The van der Waals surface area contributed by atoms with E-state index in [1.807, 2.05) is 6.92 Å². The maximum absolute atomic E-state index is 3.47. The molecule has 1 heterocycles. The Bertz CT molecular complexity index is 335. The Labute approximate surface area is 98.0 Å². The molecule has 0 amide bonds. The van der Waals surface area contributed by atoms with Crippen LogP contribution < -0.4 is 5.32 Å². The van der Waals surface area contributed by atoms with Crippen LogP contribution in [0.25, 0.3) is 0 Å². The molecule has 76 valence electrons. The van der Waals surface area contributed by atoms with Gasteiger partial charge in [-0.2, -0.15) is 0 Å². The average molecular weight is 272 g/mol. The van der Waals surface area contributed by atoms with Crippen molar-refractivity contribution in [1.82, 2.24) is 5.32 Å². The van der Waals surface area contributed by atoms with Crippen molar-refractivity contribution < 1.29 is 0 Å². The summed E-state index contributed by atoms with van der Waals surface area (Å²) >= 11 is 5.25. The van der Waals surface area contributed by atoms with Crippen molar-refractivity contribution in [2.24, 2.45) is 0 Å². The van der Waals surface area contributed by atoms with Crippen molar-refractivity contribution in [1.29, 1.82) is 0 Å². The lowest BCUT2D eigenvalue weighted by Crippen LogP contribution is -2.19. The Morgan fingerprint density at radius 3 is 2.86 bits per heavy atom. The molecule has 3 heteroatoms. The second-order valence-corrected chi connectivity index (χ2v) is 5.38. The van der Waals surface area contributed by atoms with Crippen LogP contribution in [0.2, 0.25) is 0 Å². The largest absolute Gasteiger partial charge is 0.309 e. The van der Waals surface area contributed by atoms with E-state index >= 15 is 0 Å². The van der Waals surface area contributed by atoms with E-state index in [4.69, 9.17) is 0 Å². The molecule has 0 aliphatic rings. The molecule has 0 aliphatic heterocycles. The second-order valence-electron chi connectivity index (χ2n) is 2.88. The number of rotatable bonds is 4. The molecule has 0 fully saturated rings. The number of hydrogen-bond acceptors (Lipinski definition) is 2. The van der Waals surface area contributed by atoms with Crippen LogP contribution in [0.1, 0.15) is 31.2 Å². The van der Waals surface area contributed by atoms with Crippen LogP contribution in [0, 0.1) is 11.8 Å². The molecule has 0 bridgehead atoms. The van der Waals surface area contributed by atoms with Crippen molar-refractivity contribution >= 4 is 27.3 Å². The Kier molecular flexibility index (Phi) is 5.24. The molecule has 1 nitrogen and oxygen atoms in total. The number of nitrogens with one attached hydrogen (secondary N) is 1. The molecule has 0 saturated heterocycles. The summed E-state index contributed by atoms with van der Waals surface area (Å²) in [6.07, 6.45) is 0.886. The molecular formula is C11H14BrNS. The number of hydrogen-bond donors (Lipinski definition) is 1. The monoisotopic (exact) mass is 271 g/mol. The van der Waals surface area contributed by atoms with Gasteiger partial charge < -0.3 is 5.32 Å². The predicted molar refractivity (Wildman–Crippen MR) is 66.5 cm³/mol. The van der Waals surface area contributed by atoms with Crippen molar-refractivity contribution in [2.75, 3.05) is 6.54 Å². The van der Waals surface area contributed by atoms with Gasteiger partial charge in [0.2, 0.25) is 0 Å². The minimum absolute atomic E-state index is 0.378. The van der Waals surface area contributed by atoms with Crippen LogP contribution in [0.4, 0.5) is 0 Å². The van der Waals surface area contributed by atoms with Crippen LogP contribution in [0.5, 0.6) is 0 Å². The Hall–Kier alpha value is -0.300. The lowest BCUT2D eigenvalue weighted by atomic mass is 10.2. The molecule has 0 saturated carbocycles. The summed E-state index contributed by atoms with van der Waals surface area (Å²) in [5, 5.41) is 3.43. The predicted octanol–water partition coefficient (Wildman–Crippen LogP) is 3.57. The summed E-state index contributed by atoms with van der Waals surface area (Å²) in [5.41, 5.74) is 0. The van der Waals surface area contributed by atoms with Gasteiger partial charge in [0.15, 0.2) is 0 Å². The third-order valence-electron chi connectivity index (χ3n) is 1.87. The minimum atomic E-state index is 0.378. The van der Waals surface area contributed by atoms with Gasteiger partial charge >= 0.3 is 0 Å². The molecule has 1 N–H and O–H groups in total. The first-order valence-electron chi connectivity index (χ1n) is 4.66. The highest BCUT2D eigenvalue weighted by atomic mass is 79.9. The van der Waals surface area contributed by atoms with Crippen molar-refractivity contribution in [3.63, 3.8) is 0 Å². The van der Waals surface area contributed by atoms with E-state index in [1.54, 1.807) is 11.3 Å². The van der Waals surface area contributed by atoms with E-state index in [0.717, 1.165) is 13.0 Å². The Balaban J connectivity index is 2.69. The molecule has 0 aliphatic carbocycles. The fourth-order valence-corrected chi connectivity index (χ4v) is 2.74. The van der Waals surface area contributed by atoms with Crippen LogP contribution in [0.15, 0.2) is 15.9 Å². The van der Waals surface area contributed by atoms with Gasteiger partial charge in [0.25, 0.3) is 0 Å². The molecular weight excluding hydrogens is 258 g/mol. The molecule has 1 atom stereocenters. The van der Waals surface area contributed by atoms with E-state index in [-0.39, 0.29) is 0 Å².